The SMILES string of the molecule is N#C/C(=C/c1cn(-c2ccccc2)nc1-c1ccc(S(=O)(=O)N2CCOCC2)cc1)C1=NC(=O)C2C=CC=CC2=N1. The lowest BCUT2D eigenvalue weighted by Crippen LogP contribution is -2.40. The standard InChI is InChI=1S/C30H24N6O4S/c31-19-22(29-32-27-9-5-4-8-26(27)30(37)33-29)18-23-20-36(24-6-2-1-3-7-24)34-28(23)21-10-12-25(13-11-21)41(38,39)35-14-16-40-17-15-35/h1-13,18,20,26H,14-17H2/b22-18-. The second kappa shape index (κ2) is 11.0. The van der Waals surface area contributed by atoms with Crippen LogP contribution in [-0.2, 0) is 19.6 Å². The molecular formula is C30H24N6O4S. The fraction of sp³-hybridized carbons (Fsp3) is 0.167. The number of nitrogens with zero attached hydrogens (tertiary/aromatic N) is 6. The highest BCUT2D eigenvalue weighted by Gasteiger charge is 2.28. The number of amides is 1. The molecular weight excluding hydrogens is 540 g/mol. The van der Waals surface area contributed by atoms with Gasteiger partial charge < -0.3 is 4.74 Å². The Morgan fingerprint density at radius 2 is 1.78 bits per heavy atom. The van der Waals surface area contributed by atoms with Crippen molar-refractivity contribution in [2.45, 2.75) is 4.90 Å². The Bertz CT molecular complexity index is 1800. The largest absolute Gasteiger partial charge is 0.379 e. The highest BCUT2D eigenvalue weighted by molar-refractivity contribution is 7.89. The predicted molar refractivity (Wildman–Crippen MR) is 154 cm³/mol. The number of sulfonamides is 1. The minimum atomic E-state index is -3.66. The summed E-state index contributed by atoms with van der Waals surface area (Å²) in [6.07, 6.45) is 10.4. The number of carbonyl (C=O) groups excluding carboxylic acids is 1. The van der Waals surface area contributed by atoms with Crippen LogP contribution in [0.4, 0.5) is 0 Å². The third kappa shape index (κ3) is 5.24. The molecule has 1 aromatic heterocycles. The van der Waals surface area contributed by atoms with Gasteiger partial charge in [-0.15, -0.1) is 0 Å². The van der Waals surface area contributed by atoms with Gasteiger partial charge in [0.2, 0.25) is 10.0 Å². The van der Waals surface area contributed by atoms with Gasteiger partial charge in [0.25, 0.3) is 5.91 Å². The van der Waals surface area contributed by atoms with E-state index in [1.165, 1.54) is 4.31 Å². The van der Waals surface area contributed by atoms with Gasteiger partial charge in [-0.05, 0) is 36.4 Å². The van der Waals surface area contributed by atoms with Crippen molar-refractivity contribution in [2.24, 2.45) is 15.9 Å². The highest BCUT2D eigenvalue weighted by atomic mass is 32.2. The molecule has 1 saturated heterocycles. The molecule has 0 radical (unpaired) electrons. The second-order valence-electron chi connectivity index (χ2n) is 9.46. The number of rotatable bonds is 6. The minimum absolute atomic E-state index is 0.0362. The van der Waals surface area contributed by atoms with Gasteiger partial charge in [-0.1, -0.05) is 48.6 Å². The molecule has 0 spiro atoms. The first-order chi connectivity index (χ1) is 19.9. The number of nitriles is 1. The second-order valence-corrected chi connectivity index (χ2v) is 11.4. The number of hydrogen-bond acceptors (Lipinski definition) is 7. The van der Waals surface area contributed by atoms with E-state index >= 15 is 0 Å². The molecule has 0 saturated carbocycles. The van der Waals surface area contributed by atoms with Gasteiger partial charge in [0, 0.05) is 30.4 Å². The van der Waals surface area contributed by atoms with E-state index in [9.17, 15) is 18.5 Å². The molecule has 3 heterocycles. The number of fused-ring (bicyclic) bond motifs is 1. The Hall–Kier alpha value is -4.76. The molecule has 1 fully saturated rings. The number of ether oxygens (including phenoxy) is 1. The molecule has 1 amide bonds. The normalized spacial score (nSPS) is 19.3. The molecule has 204 valence electrons. The summed E-state index contributed by atoms with van der Waals surface area (Å²) in [5.74, 6) is -0.898. The van der Waals surface area contributed by atoms with Crippen LogP contribution in [0.3, 0.4) is 0 Å². The molecule has 6 rings (SSSR count). The van der Waals surface area contributed by atoms with Gasteiger partial charge in [-0.2, -0.15) is 19.7 Å². The number of benzene rings is 2. The maximum Gasteiger partial charge on any atom is 0.260 e. The lowest BCUT2D eigenvalue weighted by Gasteiger charge is -2.26. The number of aromatic nitrogens is 2. The van der Waals surface area contributed by atoms with E-state index < -0.39 is 15.9 Å². The van der Waals surface area contributed by atoms with Crippen LogP contribution >= 0.6 is 0 Å². The van der Waals surface area contributed by atoms with Crippen LogP contribution in [0.2, 0.25) is 0 Å². The topological polar surface area (TPSA) is 130 Å². The number of para-hydroxylation sites is 1. The molecule has 1 aliphatic carbocycles. The zero-order valence-corrected chi connectivity index (χ0v) is 22.6. The predicted octanol–water partition coefficient (Wildman–Crippen LogP) is 3.59. The van der Waals surface area contributed by atoms with Crippen molar-refractivity contribution in [3.8, 4) is 23.0 Å². The number of carbonyl (C=O) groups is 1. The first kappa shape index (κ1) is 26.5. The average molecular weight is 565 g/mol. The quantitative estimate of drug-likeness (QED) is 0.421. The fourth-order valence-electron chi connectivity index (χ4n) is 4.74. The molecule has 3 aliphatic rings. The van der Waals surface area contributed by atoms with E-state index in [4.69, 9.17) is 9.84 Å². The Morgan fingerprint density at radius 1 is 1.02 bits per heavy atom. The minimum Gasteiger partial charge on any atom is -0.379 e. The summed E-state index contributed by atoms with van der Waals surface area (Å²) in [5, 5.41) is 14.8. The Kier molecular flexibility index (Phi) is 7.11. The molecule has 0 N–H and O–H groups in total. The lowest BCUT2D eigenvalue weighted by atomic mass is 9.96. The zero-order chi connectivity index (χ0) is 28.4. The van der Waals surface area contributed by atoms with Crippen LogP contribution in [0.15, 0.2) is 106 Å². The van der Waals surface area contributed by atoms with Gasteiger partial charge in [0.15, 0.2) is 5.84 Å². The van der Waals surface area contributed by atoms with E-state index in [2.05, 4.69) is 16.1 Å². The molecule has 2 aromatic carbocycles. The summed E-state index contributed by atoms with van der Waals surface area (Å²) in [6.45, 7) is 1.34. The molecule has 1 atom stereocenters. The fourth-order valence-corrected chi connectivity index (χ4v) is 6.15. The molecule has 2 aliphatic heterocycles. The smallest absolute Gasteiger partial charge is 0.260 e. The highest BCUT2D eigenvalue weighted by Crippen LogP contribution is 2.29. The van der Waals surface area contributed by atoms with Crippen molar-refractivity contribution in [3.05, 3.63) is 96.2 Å². The van der Waals surface area contributed by atoms with Crippen LogP contribution < -0.4 is 0 Å². The van der Waals surface area contributed by atoms with Crippen molar-refractivity contribution >= 4 is 33.6 Å². The van der Waals surface area contributed by atoms with Crippen LogP contribution in [-0.4, -0.2) is 66.3 Å². The van der Waals surface area contributed by atoms with Gasteiger partial charge in [0.05, 0.1) is 40.8 Å². The average Bonchev–Trinajstić information content (AvgIpc) is 3.44. The zero-order valence-electron chi connectivity index (χ0n) is 21.8. The first-order valence-electron chi connectivity index (χ1n) is 13.0. The van der Waals surface area contributed by atoms with E-state index in [0.717, 1.165) is 5.69 Å². The summed E-state index contributed by atoms with van der Waals surface area (Å²) < 4.78 is 34.6. The Morgan fingerprint density at radius 3 is 2.51 bits per heavy atom. The van der Waals surface area contributed by atoms with Gasteiger partial charge in [0.1, 0.15) is 12.0 Å². The monoisotopic (exact) mass is 564 g/mol. The molecule has 3 aromatic rings. The number of amidine groups is 1. The first-order valence-corrected chi connectivity index (χ1v) is 14.4. The van der Waals surface area contributed by atoms with Crippen LogP contribution in [0, 0.1) is 17.2 Å². The van der Waals surface area contributed by atoms with Crippen molar-refractivity contribution in [1.82, 2.24) is 14.1 Å². The van der Waals surface area contributed by atoms with E-state index in [0.29, 0.717) is 48.8 Å². The van der Waals surface area contributed by atoms with E-state index in [-0.39, 0.29) is 22.2 Å². The van der Waals surface area contributed by atoms with Gasteiger partial charge in [-0.3, -0.25) is 4.79 Å². The summed E-state index contributed by atoms with van der Waals surface area (Å²) in [4.78, 5) is 21.4. The molecule has 11 heteroatoms. The molecule has 10 nitrogen and oxygen atoms in total. The van der Waals surface area contributed by atoms with Gasteiger partial charge in [-0.25, -0.2) is 18.1 Å². The molecule has 0 bridgehead atoms. The Balaban J connectivity index is 1.40. The summed E-state index contributed by atoms with van der Waals surface area (Å²) in [5.41, 5.74) is 3.17. The number of hydrogen-bond donors (Lipinski definition) is 0. The number of morpholine rings is 1. The maximum atomic E-state index is 13.1. The van der Waals surface area contributed by atoms with Crippen molar-refractivity contribution in [3.63, 3.8) is 0 Å². The van der Waals surface area contributed by atoms with Crippen molar-refractivity contribution < 1.29 is 17.9 Å². The maximum absolute atomic E-state index is 13.1. The van der Waals surface area contributed by atoms with Gasteiger partial charge >= 0.3 is 0 Å². The number of aliphatic imine (C=N–C) groups is 2. The summed E-state index contributed by atoms with van der Waals surface area (Å²) in [7, 11) is -3.66. The lowest BCUT2D eigenvalue weighted by molar-refractivity contribution is -0.118. The third-order valence-electron chi connectivity index (χ3n) is 6.88. The van der Waals surface area contributed by atoms with E-state index in [1.807, 2.05) is 30.3 Å². The van der Waals surface area contributed by atoms with Crippen molar-refractivity contribution in [2.75, 3.05) is 26.3 Å². The third-order valence-corrected chi connectivity index (χ3v) is 8.79. The Labute approximate surface area is 237 Å². The van der Waals surface area contributed by atoms with Crippen molar-refractivity contribution in [1.29, 1.82) is 5.26 Å². The van der Waals surface area contributed by atoms with Crippen LogP contribution in [0.5, 0.6) is 0 Å². The van der Waals surface area contributed by atoms with Crippen LogP contribution in [0.1, 0.15) is 5.56 Å². The summed E-state index contributed by atoms with van der Waals surface area (Å²) >= 11 is 0. The summed E-state index contributed by atoms with van der Waals surface area (Å²) in [6, 6.07) is 18.1. The molecule has 41 heavy (non-hydrogen) atoms. The molecule has 1 unspecified atom stereocenters. The van der Waals surface area contributed by atoms with Crippen LogP contribution in [0.25, 0.3) is 23.0 Å². The number of allylic oxidation sites excluding steroid dienone is 3. The van der Waals surface area contributed by atoms with E-state index in [1.54, 1.807) is 65.5 Å².